The number of para-hydroxylation sites is 1. The summed E-state index contributed by atoms with van der Waals surface area (Å²) in [6, 6.07) is 20.5. The minimum atomic E-state index is -0.151. The van der Waals surface area contributed by atoms with Crippen LogP contribution in [-0.4, -0.2) is 21.2 Å². The van der Waals surface area contributed by atoms with E-state index in [-0.39, 0.29) is 17.2 Å². The molecule has 0 fully saturated rings. The van der Waals surface area contributed by atoms with Crippen LogP contribution in [0.5, 0.6) is 0 Å². The molecule has 32 heavy (non-hydrogen) atoms. The van der Waals surface area contributed by atoms with Crippen molar-refractivity contribution in [3.63, 3.8) is 0 Å². The highest BCUT2D eigenvalue weighted by atomic mass is 35.5. The van der Waals surface area contributed by atoms with Crippen LogP contribution < -0.4 is 10.9 Å². The molecule has 1 aromatic heterocycles. The van der Waals surface area contributed by atoms with Crippen molar-refractivity contribution in [3.8, 4) is 0 Å². The smallest absolute Gasteiger partial charge is 0.262 e. The van der Waals surface area contributed by atoms with Crippen molar-refractivity contribution in [1.82, 2.24) is 9.55 Å². The summed E-state index contributed by atoms with van der Waals surface area (Å²) in [6.45, 7) is 4.32. The molecule has 0 unspecified atom stereocenters. The number of thioether (sulfide) groups is 1. The average Bonchev–Trinajstić information content (AvgIpc) is 2.78. The van der Waals surface area contributed by atoms with Gasteiger partial charge in [-0.2, -0.15) is 0 Å². The van der Waals surface area contributed by atoms with E-state index < -0.39 is 0 Å². The quantitative estimate of drug-likeness (QED) is 0.305. The largest absolute Gasteiger partial charge is 0.325 e. The second-order valence-electron chi connectivity index (χ2n) is 7.58. The number of carbonyl (C=O) groups excluding carboxylic acids is 1. The van der Waals surface area contributed by atoms with Crippen molar-refractivity contribution in [1.29, 1.82) is 0 Å². The Morgan fingerprint density at radius 1 is 1.06 bits per heavy atom. The van der Waals surface area contributed by atoms with Gasteiger partial charge in [-0.15, -0.1) is 0 Å². The van der Waals surface area contributed by atoms with E-state index in [2.05, 4.69) is 10.3 Å². The highest BCUT2D eigenvalue weighted by Gasteiger charge is 2.14. The van der Waals surface area contributed by atoms with Gasteiger partial charge < -0.3 is 5.32 Å². The molecule has 1 heterocycles. The Hall–Kier alpha value is -3.09. The van der Waals surface area contributed by atoms with Crippen molar-refractivity contribution in [2.75, 3.05) is 11.1 Å². The predicted octanol–water partition coefficient (Wildman–Crippen LogP) is 5.45. The highest BCUT2D eigenvalue weighted by Crippen LogP contribution is 2.21. The average molecular weight is 464 g/mol. The van der Waals surface area contributed by atoms with E-state index in [1.54, 1.807) is 22.8 Å². The molecule has 4 aromatic rings. The van der Waals surface area contributed by atoms with Crippen molar-refractivity contribution in [2.24, 2.45) is 0 Å². The van der Waals surface area contributed by atoms with Gasteiger partial charge in [-0.05, 0) is 55.3 Å². The fraction of sp³-hybridized carbons (Fsp3) is 0.160. The van der Waals surface area contributed by atoms with E-state index in [0.29, 0.717) is 27.6 Å². The van der Waals surface area contributed by atoms with Gasteiger partial charge in [0.05, 0.1) is 23.2 Å². The summed E-state index contributed by atoms with van der Waals surface area (Å²) in [7, 11) is 0. The third-order valence-corrected chi connectivity index (χ3v) is 6.30. The molecule has 0 aliphatic rings. The number of aromatic nitrogens is 2. The number of benzene rings is 3. The molecule has 0 radical (unpaired) electrons. The van der Waals surface area contributed by atoms with Crippen LogP contribution >= 0.6 is 23.4 Å². The van der Waals surface area contributed by atoms with Gasteiger partial charge >= 0.3 is 0 Å². The maximum absolute atomic E-state index is 13.2. The number of nitrogens with one attached hydrogen (secondary N) is 1. The third-order valence-electron chi connectivity index (χ3n) is 5.07. The van der Waals surface area contributed by atoms with E-state index >= 15 is 0 Å². The van der Waals surface area contributed by atoms with Gasteiger partial charge in [-0.25, -0.2) is 4.98 Å². The number of aryl methyl sites for hydroxylation is 2. The summed E-state index contributed by atoms with van der Waals surface area (Å²) >= 11 is 7.25. The summed E-state index contributed by atoms with van der Waals surface area (Å²) in [5.74, 6) is -0.0129. The van der Waals surface area contributed by atoms with Gasteiger partial charge in [0.1, 0.15) is 0 Å². The molecule has 162 valence electrons. The van der Waals surface area contributed by atoms with E-state index in [4.69, 9.17) is 11.6 Å². The Bertz CT molecular complexity index is 1350. The van der Waals surface area contributed by atoms with E-state index in [1.807, 2.05) is 62.4 Å². The Labute approximate surface area is 195 Å². The van der Waals surface area contributed by atoms with Crippen LogP contribution in [0.4, 0.5) is 5.69 Å². The molecular weight excluding hydrogens is 442 g/mol. The number of nitrogens with zero attached hydrogens (tertiary/aromatic N) is 2. The summed E-state index contributed by atoms with van der Waals surface area (Å²) in [5.41, 5.74) is 4.33. The van der Waals surface area contributed by atoms with Gasteiger partial charge in [0.15, 0.2) is 5.16 Å². The van der Waals surface area contributed by atoms with Gasteiger partial charge in [0.25, 0.3) is 5.56 Å². The van der Waals surface area contributed by atoms with Crippen LogP contribution in [0.15, 0.2) is 76.7 Å². The zero-order chi connectivity index (χ0) is 22.7. The van der Waals surface area contributed by atoms with Crippen LogP contribution in [0.25, 0.3) is 10.9 Å². The second kappa shape index (κ2) is 9.59. The minimum Gasteiger partial charge on any atom is -0.325 e. The number of rotatable bonds is 6. The molecule has 0 saturated carbocycles. The topological polar surface area (TPSA) is 64.0 Å². The van der Waals surface area contributed by atoms with E-state index in [1.165, 1.54) is 11.8 Å². The van der Waals surface area contributed by atoms with Gasteiger partial charge in [-0.3, -0.25) is 14.2 Å². The highest BCUT2D eigenvalue weighted by molar-refractivity contribution is 7.99. The Balaban J connectivity index is 1.61. The lowest BCUT2D eigenvalue weighted by Crippen LogP contribution is -2.25. The molecule has 0 spiro atoms. The lowest BCUT2D eigenvalue weighted by atomic mass is 10.1. The number of hydrogen-bond acceptors (Lipinski definition) is 4. The molecule has 5 nitrogen and oxygen atoms in total. The molecule has 7 heteroatoms. The first-order valence-electron chi connectivity index (χ1n) is 10.1. The SMILES string of the molecule is Cc1ccc(NC(=O)CSc2nc3ccccc3c(=O)n2Cc2ccc(Cl)cc2)c(C)c1. The van der Waals surface area contributed by atoms with Crippen LogP contribution in [0, 0.1) is 13.8 Å². The van der Waals surface area contributed by atoms with Crippen LogP contribution in [0.3, 0.4) is 0 Å². The van der Waals surface area contributed by atoms with Gasteiger partial charge in [0.2, 0.25) is 5.91 Å². The number of halogens is 1. The molecule has 4 rings (SSSR count). The summed E-state index contributed by atoms with van der Waals surface area (Å²) < 4.78 is 1.61. The number of carbonyl (C=O) groups is 1. The van der Waals surface area contributed by atoms with E-state index in [9.17, 15) is 9.59 Å². The first-order valence-corrected chi connectivity index (χ1v) is 11.5. The normalized spacial score (nSPS) is 11.0. The zero-order valence-corrected chi connectivity index (χ0v) is 19.3. The fourth-order valence-corrected chi connectivity index (χ4v) is 4.36. The van der Waals surface area contributed by atoms with Crippen LogP contribution in [-0.2, 0) is 11.3 Å². The van der Waals surface area contributed by atoms with Crippen LogP contribution in [0.2, 0.25) is 5.02 Å². The third kappa shape index (κ3) is 5.03. The van der Waals surface area contributed by atoms with Crippen molar-refractivity contribution in [3.05, 3.63) is 98.8 Å². The Morgan fingerprint density at radius 2 is 1.81 bits per heavy atom. The number of hydrogen-bond donors (Lipinski definition) is 1. The summed E-state index contributed by atoms with van der Waals surface area (Å²) in [4.78, 5) is 30.5. The lowest BCUT2D eigenvalue weighted by Gasteiger charge is -2.14. The minimum absolute atomic E-state index is 0.136. The molecule has 0 saturated heterocycles. The lowest BCUT2D eigenvalue weighted by molar-refractivity contribution is -0.113. The Kier molecular flexibility index (Phi) is 6.63. The molecule has 1 N–H and O–H groups in total. The maximum atomic E-state index is 13.2. The first kappa shape index (κ1) is 22.1. The zero-order valence-electron chi connectivity index (χ0n) is 17.8. The molecular formula is C25H22ClN3O2S. The maximum Gasteiger partial charge on any atom is 0.262 e. The number of amides is 1. The summed E-state index contributed by atoms with van der Waals surface area (Å²) in [6.07, 6.45) is 0. The predicted molar refractivity (Wildman–Crippen MR) is 132 cm³/mol. The summed E-state index contributed by atoms with van der Waals surface area (Å²) in [5, 5.41) is 4.63. The molecule has 0 aliphatic heterocycles. The molecule has 3 aromatic carbocycles. The Morgan fingerprint density at radius 3 is 2.56 bits per heavy atom. The van der Waals surface area contributed by atoms with Gasteiger partial charge in [-0.1, -0.05) is 65.3 Å². The van der Waals surface area contributed by atoms with Crippen LogP contribution in [0.1, 0.15) is 16.7 Å². The molecule has 0 bridgehead atoms. The molecule has 0 aliphatic carbocycles. The van der Waals surface area contributed by atoms with E-state index in [0.717, 1.165) is 22.4 Å². The number of fused-ring (bicyclic) bond motifs is 1. The fourth-order valence-electron chi connectivity index (χ4n) is 3.44. The molecule has 1 amide bonds. The van der Waals surface area contributed by atoms with Crippen molar-refractivity contribution < 1.29 is 4.79 Å². The number of anilines is 1. The standard InChI is InChI=1S/C25H22ClN3O2S/c1-16-7-12-21(17(2)13-16)27-23(30)15-32-25-28-22-6-4-3-5-20(22)24(31)29(25)14-18-8-10-19(26)11-9-18/h3-13H,14-15H2,1-2H3,(H,27,30). The van der Waals surface area contributed by atoms with Crippen molar-refractivity contribution in [2.45, 2.75) is 25.5 Å². The van der Waals surface area contributed by atoms with Gasteiger partial charge in [0, 0.05) is 10.7 Å². The first-order chi connectivity index (χ1) is 15.4. The second-order valence-corrected chi connectivity index (χ2v) is 8.96. The molecule has 0 atom stereocenters. The monoisotopic (exact) mass is 463 g/mol. The van der Waals surface area contributed by atoms with Crippen molar-refractivity contribution >= 4 is 45.9 Å².